The maximum Gasteiger partial charge on any atom is 0.407 e. The lowest BCUT2D eigenvalue weighted by Gasteiger charge is -2.30. The normalized spacial score (nSPS) is 15.0. The van der Waals surface area contributed by atoms with Crippen LogP contribution in [0.5, 0.6) is 0 Å². The van der Waals surface area contributed by atoms with Crippen LogP contribution in [-0.4, -0.2) is 82.7 Å². The van der Waals surface area contributed by atoms with Crippen molar-refractivity contribution < 1.29 is 42.6 Å². The van der Waals surface area contributed by atoms with E-state index in [9.17, 15) is 37.9 Å². The van der Waals surface area contributed by atoms with Gasteiger partial charge < -0.3 is 36.4 Å². The maximum atomic E-state index is 14.2. The zero-order valence-corrected chi connectivity index (χ0v) is 33.8. The van der Waals surface area contributed by atoms with Crippen LogP contribution in [0.4, 0.5) is 13.6 Å². The second-order valence-corrected chi connectivity index (χ2v) is 16.5. The monoisotopic (exact) mass is 780 g/mol. The minimum atomic E-state index is -1.45. The van der Waals surface area contributed by atoms with Gasteiger partial charge in [0.15, 0.2) is 0 Å². The fraction of sp³-hybridized carbons (Fsp3) is 0.632. The van der Waals surface area contributed by atoms with E-state index in [0.29, 0.717) is 19.0 Å². The van der Waals surface area contributed by atoms with Gasteiger partial charge in [-0.05, 0) is 70.1 Å². The molecule has 0 aliphatic carbocycles. The van der Waals surface area contributed by atoms with Crippen molar-refractivity contribution in [1.82, 2.24) is 31.6 Å². The Kier molecular flexibility index (Phi) is 17.9. The Labute approximate surface area is 321 Å². The molecular formula is C38H58F2N6O7S. The van der Waals surface area contributed by atoms with E-state index in [1.54, 1.807) is 48.5 Å². The number of alkyl carbamates (subject to hydrolysis) is 1. The van der Waals surface area contributed by atoms with Crippen LogP contribution in [0.2, 0.25) is 0 Å². The summed E-state index contributed by atoms with van der Waals surface area (Å²) in [6.07, 6.45) is -2.48. The van der Waals surface area contributed by atoms with E-state index >= 15 is 0 Å². The first-order chi connectivity index (χ1) is 25.0. The Morgan fingerprint density at radius 3 is 1.96 bits per heavy atom. The molecule has 0 aliphatic rings. The van der Waals surface area contributed by atoms with Gasteiger partial charge in [0.2, 0.25) is 23.6 Å². The van der Waals surface area contributed by atoms with E-state index in [1.165, 1.54) is 11.3 Å². The van der Waals surface area contributed by atoms with Gasteiger partial charge in [-0.2, -0.15) is 0 Å². The van der Waals surface area contributed by atoms with E-state index in [0.717, 1.165) is 22.8 Å². The molecule has 16 heteroatoms. The molecule has 1 aromatic carbocycles. The minimum Gasteiger partial charge on any atom is -0.444 e. The van der Waals surface area contributed by atoms with Gasteiger partial charge in [-0.3, -0.25) is 19.2 Å². The van der Waals surface area contributed by atoms with Gasteiger partial charge in [0, 0.05) is 41.9 Å². The number of rotatable bonds is 19. The summed E-state index contributed by atoms with van der Waals surface area (Å²) < 4.78 is 33.8. The molecular weight excluding hydrogens is 723 g/mol. The van der Waals surface area contributed by atoms with Crippen LogP contribution < -0.4 is 26.6 Å². The standard InChI is InChI=1S/C38H58F2N6O7S/c1-20(2)17-41-36(51)32(21(3)4)46-34(49)22(5)11-30(47)28(15-25-13-26(39)16-27(40)14-25)44-35(50)29(18-42-37(52)53-38(8,9)10)45-33(48)23(6)12-31-43-24(7)19-54-31/h13-14,16,19-23,28-30,32,47H,11-12,15,17-18H2,1-10H3,(H,41,51)(H,42,52)(H,44,50)(H,45,48)(H,46,49). The highest BCUT2D eigenvalue weighted by Crippen LogP contribution is 2.18. The van der Waals surface area contributed by atoms with E-state index < -0.39 is 83.7 Å². The molecule has 0 fully saturated rings. The Morgan fingerprint density at radius 2 is 1.43 bits per heavy atom. The number of ether oxygens (including phenoxy) is 1. The Morgan fingerprint density at radius 1 is 0.815 bits per heavy atom. The highest BCUT2D eigenvalue weighted by molar-refractivity contribution is 7.09. The lowest BCUT2D eigenvalue weighted by molar-refractivity contribution is -0.133. The van der Waals surface area contributed by atoms with Crippen LogP contribution >= 0.6 is 11.3 Å². The molecule has 6 N–H and O–H groups in total. The van der Waals surface area contributed by atoms with Crippen LogP contribution in [0.15, 0.2) is 23.6 Å². The molecule has 0 saturated heterocycles. The van der Waals surface area contributed by atoms with E-state index in [1.807, 2.05) is 26.2 Å². The van der Waals surface area contributed by atoms with Crippen molar-refractivity contribution in [3.05, 3.63) is 51.5 Å². The molecule has 0 aliphatic heterocycles. The number of aliphatic hydroxyl groups is 1. The van der Waals surface area contributed by atoms with Gasteiger partial charge in [-0.25, -0.2) is 18.6 Å². The number of aromatic nitrogens is 1. The predicted molar refractivity (Wildman–Crippen MR) is 202 cm³/mol. The fourth-order valence-corrected chi connectivity index (χ4v) is 6.20. The SMILES string of the molecule is Cc1csc(CC(C)C(=O)NC(CNC(=O)OC(C)(C)C)C(=O)NC(Cc2cc(F)cc(F)c2)C(O)CC(C)C(=O)NC(C(=O)NCC(C)C)C(C)C)n1. The predicted octanol–water partition coefficient (Wildman–Crippen LogP) is 3.95. The average molecular weight is 781 g/mol. The highest BCUT2D eigenvalue weighted by atomic mass is 32.1. The molecule has 5 amide bonds. The van der Waals surface area contributed by atoms with Gasteiger partial charge in [0.25, 0.3) is 0 Å². The summed E-state index contributed by atoms with van der Waals surface area (Å²) >= 11 is 1.40. The minimum absolute atomic E-state index is 0.107. The van der Waals surface area contributed by atoms with Crippen molar-refractivity contribution in [3.8, 4) is 0 Å². The van der Waals surface area contributed by atoms with Crippen LogP contribution in [-0.2, 0) is 36.8 Å². The first kappa shape index (κ1) is 46.0. The topological polar surface area (TPSA) is 188 Å². The molecule has 0 saturated carbocycles. The molecule has 0 spiro atoms. The summed E-state index contributed by atoms with van der Waals surface area (Å²) in [7, 11) is 0. The second kappa shape index (κ2) is 21.1. The summed E-state index contributed by atoms with van der Waals surface area (Å²) in [4.78, 5) is 70.3. The van der Waals surface area contributed by atoms with E-state index in [-0.39, 0.29) is 36.1 Å². The third kappa shape index (κ3) is 16.5. The Balaban J connectivity index is 2.33. The zero-order chi connectivity index (χ0) is 40.9. The summed E-state index contributed by atoms with van der Waals surface area (Å²) in [5, 5.41) is 27.5. The maximum absolute atomic E-state index is 14.2. The van der Waals surface area contributed by atoms with E-state index in [4.69, 9.17) is 4.74 Å². The molecule has 6 atom stereocenters. The van der Waals surface area contributed by atoms with Crippen LogP contribution in [0.1, 0.15) is 85.0 Å². The smallest absolute Gasteiger partial charge is 0.407 e. The van der Waals surface area contributed by atoms with Crippen LogP contribution in [0.3, 0.4) is 0 Å². The summed E-state index contributed by atoms with van der Waals surface area (Å²) in [6.45, 7) is 17.5. The summed E-state index contributed by atoms with van der Waals surface area (Å²) in [5.74, 6) is -5.49. The van der Waals surface area contributed by atoms with Crippen molar-refractivity contribution in [1.29, 1.82) is 0 Å². The molecule has 54 heavy (non-hydrogen) atoms. The number of benzene rings is 1. The number of hydrogen-bond acceptors (Lipinski definition) is 9. The molecule has 302 valence electrons. The number of aliphatic hydroxyl groups excluding tert-OH is 1. The number of aryl methyl sites for hydroxylation is 1. The molecule has 0 bridgehead atoms. The van der Waals surface area contributed by atoms with Crippen LogP contribution in [0.25, 0.3) is 0 Å². The zero-order valence-electron chi connectivity index (χ0n) is 33.0. The van der Waals surface area contributed by atoms with Crippen molar-refractivity contribution in [2.75, 3.05) is 13.1 Å². The fourth-order valence-electron chi connectivity index (χ4n) is 5.30. The number of carbonyl (C=O) groups is 5. The number of amides is 5. The third-order valence-corrected chi connectivity index (χ3v) is 9.21. The molecule has 13 nitrogen and oxygen atoms in total. The number of thiazole rings is 1. The molecule has 1 aromatic heterocycles. The quantitative estimate of drug-likeness (QED) is 0.124. The van der Waals surface area contributed by atoms with Crippen molar-refractivity contribution in [2.24, 2.45) is 23.7 Å². The lowest BCUT2D eigenvalue weighted by Crippen LogP contribution is -2.58. The number of hydrogen-bond donors (Lipinski definition) is 6. The first-order valence-electron chi connectivity index (χ1n) is 18.2. The summed E-state index contributed by atoms with van der Waals surface area (Å²) in [5.41, 5.74) is 0.0649. The van der Waals surface area contributed by atoms with Crippen molar-refractivity contribution in [2.45, 2.75) is 118 Å². The largest absolute Gasteiger partial charge is 0.444 e. The number of carbonyl (C=O) groups excluding carboxylic acids is 5. The third-order valence-electron chi connectivity index (χ3n) is 8.22. The molecule has 1 heterocycles. The van der Waals surface area contributed by atoms with Crippen LogP contribution in [0, 0.1) is 42.2 Å². The lowest BCUT2D eigenvalue weighted by atomic mass is 9.92. The Hall–Kier alpha value is -4.18. The number of halogens is 2. The molecule has 2 rings (SSSR count). The van der Waals surface area contributed by atoms with Gasteiger partial charge in [-0.1, -0.05) is 41.5 Å². The first-order valence-corrected chi connectivity index (χ1v) is 19.1. The number of nitrogens with zero attached hydrogens (tertiary/aromatic N) is 1. The second-order valence-electron chi connectivity index (χ2n) is 15.6. The van der Waals surface area contributed by atoms with E-state index in [2.05, 4.69) is 31.6 Å². The summed E-state index contributed by atoms with van der Waals surface area (Å²) in [6, 6.07) is -0.642. The van der Waals surface area contributed by atoms with Gasteiger partial charge in [0.05, 0.1) is 23.7 Å². The number of nitrogens with one attached hydrogen (secondary N) is 5. The highest BCUT2D eigenvalue weighted by Gasteiger charge is 2.33. The van der Waals surface area contributed by atoms with Gasteiger partial charge >= 0.3 is 6.09 Å². The van der Waals surface area contributed by atoms with Gasteiger partial charge in [-0.15, -0.1) is 11.3 Å². The molecule has 0 radical (unpaired) electrons. The van der Waals surface area contributed by atoms with Crippen molar-refractivity contribution >= 4 is 41.1 Å². The molecule has 2 aromatic rings. The molecule has 6 unspecified atom stereocenters. The Bertz CT molecular complexity index is 1560. The average Bonchev–Trinajstić information content (AvgIpc) is 3.45. The van der Waals surface area contributed by atoms with Gasteiger partial charge in [0.1, 0.15) is 29.3 Å². The van der Waals surface area contributed by atoms with Crippen molar-refractivity contribution in [3.63, 3.8) is 0 Å².